The molecule has 21 heavy (non-hydrogen) atoms. The summed E-state index contributed by atoms with van der Waals surface area (Å²) in [4.78, 5) is 28.9. The first-order chi connectivity index (χ1) is 10.1. The number of carbonyl (C=O) groups excluding carboxylic acids is 1. The monoisotopic (exact) mass is 308 g/mol. The van der Waals surface area contributed by atoms with Gasteiger partial charge in [0.1, 0.15) is 0 Å². The predicted octanol–water partition coefficient (Wildman–Crippen LogP) is 2.63. The summed E-state index contributed by atoms with van der Waals surface area (Å²) < 4.78 is 0. The van der Waals surface area contributed by atoms with Crippen molar-refractivity contribution in [3.05, 3.63) is 22.4 Å². The van der Waals surface area contributed by atoms with Gasteiger partial charge in [0.15, 0.2) is 0 Å². The molecule has 2 aliphatic heterocycles. The number of amides is 2. The lowest BCUT2D eigenvalue weighted by atomic mass is 9.89. The zero-order chi connectivity index (χ0) is 15.0. The van der Waals surface area contributed by atoms with E-state index < -0.39 is 5.97 Å². The SMILES string of the molecule is CCN(Cc1cccs1)C(=O)N1C2CCC1C(C(=O)O)C2. The van der Waals surface area contributed by atoms with Gasteiger partial charge in [-0.25, -0.2) is 4.79 Å². The van der Waals surface area contributed by atoms with Crippen molar-refractivity contribution in [2.75, 3.05) is 6.54 Å². The molecule has 3 rings (SSSR count). The van der Waals surface area contributed by atoms with Gasteiger partial charge in [0, 0.05) is 23.5 Å². The number of aliphatic carboxylic acids is 1. The minimum absolute atomic E-state index is 0.00199. The lowest BCUT2D eigenvalue weighted by molar-refractivity contribution is -0.142. The maximum Gasteiger partial charge on any atom is 0.320 e. The lowest BCUT2D eigenvalue weighted by Gasteiger charge is -2.30. The number of hydrogen-bond acceptors (Lipinski definition) is 3. The number of rotatable bonds is 4. The van der Waals surface area contributed by atoms with Gasteiger partial charge in [0.25, 0.3) is 0 Å². The summed E-state index contributed by atoms with van der Waals surface area (Å²) in [7, 11) is 0. The van der Waals surface area contributed by atoms with Crippen molar-refractivity contribution in [1.29, 1.82) is 0 Å². The number of nitrogens with zero attached hydrogens (tertiary/aromatic N) is 2. The second kappa shape index (κ2) is 5.67. The molecule has 3 atom stereocenters. The second-order valence-electron chi connectivity index (χ2n) is 5.76. The summed E-state index contributed by atoms with van der Waals surface area (Å²) in [5, 5.41) is 11.3. The number of thiophene rings is 1. The number of hydrogen-bond donors (Lipinski definition) is 1. The molecule has 0 radical (unpaired) electrons. The van der Waals surface area contributed by atoms with Crippen LogP contribution in [0.3, 0.4) is 0 Å². The van der Waals surface area contributed by atoms with Crippen LogP contribution in [-0.2, 0) is 11.3 Å². The Labute approximate surface area is 128 Å². The van der Waals surface area contributed by atoms with E-state index in [0.29, 0.717) is 19.5 Å². The summed E-state index contributed by atoms with van der Waals surface area (Å²) in [5.74, 6) is -1.14. The van der Waals surface area contributed by atoms with Gasteiger partial charge in [-0.1, -0.05) is 6.07 Å². The van der Waals surface area contributed by atoms with Crippen LogP contribution >= 0.6 is 11.3 Å². The van der Waals surface area contributed by atoms with Crippen LogP contribution in [0.15, 0.2) is 17.5 Å². The number of carbonyl (C=O) groups is 2. The van der Waals surface area contributed by atoms with Gasteiger partial charge in [-0.05, 0) is 37.6 Å². The highest BCUT2D eigenvalue weighted by molar-refractivity contribution is 7.09. The van der Waals surface area contributed by atoms with Crippen molar-refractivity contribution in [3.63, 3.8) is 0 Å². The van der Waals surface area contributed by atoms with E-state index in [-0.39, 0.29) is 24.0 Å². The lowest BCUT2D eigenvalue weighted by Crippen LogP contribution is -2.46. The van der Waals surface area contributed by atoms with Crippen molar-refractivity contribution >= 4 is 23.3 Å². The van der Waals surface area contributed by atoms with Crippen LogP contribution in [0.5, 0.6) is 0 Å². The molecule has 6 heteroatoms. The smallest absolute Gasteiger partial charge is 0.320 e. The molecule has 3 unspecified atom stereocenters. The van der Waals surface area contributed by atoms with Crippen molar-refractivity contribution < 1.29 is 14.7 Å². The van der Waals surface area contributed by atoms with E-state index in [0.717, 1.165) is 17.7 Å². The fourth-order valence-electron chi connectivity index (χ4n) is 3.62. The Kier molecular flexibility index (Phi) is 3.89. The van der Waals surface area contributed by atoms with Crippen molar-refractivity contribution in [2.24, 2.45) is 5.92 Å². The fraction of sp³-hybridized carbons (Fsp3) is 0.600. The minimum Gasteiger partial charge on any atom is -0.481 e. The molecular formula is C15H20N2O3S. The third-order valence-electron chi connectivity index (χ3n) is 4.65. The third kappa shape index (κ3) is 2.52. The van der Waals surface area contributed by atoms with E-state index in [4.69, 9.17) is 0 Å². The molecule has 0 spiro atoms. The normalized spacial score (nSPS) is 27.1. The zero-order valence-corrected chi connectivity index (χ0v) is 12.9. The van der Waals surface area contributed by atoms with Gasteiger partial charge in [-0.3, -0.25) is 4.79 Å². The van der Waals surface area contributed by atoms with Crippen LogP contribution in [0.2, 0.25) is 0 Å². The van der Waals surface area contributed by atoms with E-state index in [1.807, 2.05) is 34.2 Å². The summed E-state index contributed by atoms with van der Waals surface area (Å²) in [6.45, 7) is 3.23. The van der Waals surface area contributed by atoms with Gasteiger partial charge in [-0.15, -0.1) is 11.3 Å². The summed E-state index contributed by atoms with van der Waals surface area (Å²) in [6, 6.07) is 4.01. The molecule has 1 aromatic heterocycles. The molecule has 2 bridgehead atoms. The van der Waals surface area contributed by atoms with Crippen LogP contribution < -0.4 is 0 Å². The van der Waals surface area contributed by atoms with Crippen molar-refractivity contribution in [3.8, 4) is 0 Å². The molecule has 1 N–H and O–H groups in total. The van der Waals surface area contributed by atoms with E-state index in [2.05, 4.69) is 0 Å². The van der Waals surface area contributed by atoms with Gasteiger partial charge in [-0.2, -0.15) is 0 Å². The highest BCUT2D eigenvalue weighted by atomic mass is 32.1. The largest absolute Gasteiger partial charge is 0.481 e. The number of carboxylic acid groups (broad SMARTS) is 1. The maximum atomic E-state index is 12.8. The predicted molar refractivity (Wildman–Crippen MR) is 80.2 cm³/mol. The zero-order valence-electron chi connectivity index (χ0n) is 12.1. The molecule has 0 aromatic carbocycles. The van der Waals surface area contributed by atoms with Crippen LogP contribution in [0.25, 0.3) is 0 Å². The molecule has 2 amide bonds. The first kappa shape index (κ1) is 14.4. The average Bonchev–Trinajstić information content (AvgIpc) is 3.19. The summed E-state index contributed by atoms with van der Waals surface area (Å²) in [6.07, 6.45) is 2.38. The third-order valence-corrected chi connectivity index (χ3v) is 5.52. The molecule has 2 saturated heterocycles. The van der Waals surface area contributed by atoms with E-state index in [9.17, 15) is 14.7 Å². The molecule has 2 fully saturated rings. The van der Waals surface area contributed by atoms with E-state index >= 15 is 0 Å². The van der Waals surface area contributed by atoms with E-state index in [1.54, 1.807) is 11.3 Å². The summed E-state index contributed by atoms with van der Waals surface area (Å²) >= 11 is 1.64. The Balaban J connectivity index is 1.73. The van der Waals surface area contributed by atoms with Crippen molar-refractivity contribution in [2.45, 2.75) is 44.8 Å². The second-order valence-corrected chi connectivity index (χ2v) is 6.79. The quantitative estimate of drug-likeness (QED) is 0.930. The highest BCUT2D eigenvalue weighted by Gasteiger charge is 2.52. The number of fused-ring (bicyclic) bond motifs is 2. The minimum atomic E-state index is -0.763. The van der Waals surface area contributed by atoms with Gasteiger partial charge in [0.2, 0.25) is 0 Å². The number of urea groups is 1. The highest BCUT2D eigenvalue weighted by Crippen LogP contribution is 2.42. The molecule has 5 nitrogen and oxygen atoms in total. The van der Waals surface area contributed by atoms with Crippen LogP contribution in [0, 0.1) is 5.92 Å². The fourth-order valence-corrected chi connectivity index (χ4v) is 4.34. The standard InChI is InChI=1S/C15H20N2O3S/c1-2-16(9-11-4-3-7-21-11)15(20)17-10-5-6-13(17)12(8-10)14(18)19/h3-4,7,10,12-13H,2,5-6,8-9H2,1H3,(H,18,19). The van der Waals surface area contributed by atoms with E-state index in [1.165, 1.54) is 0 Å². The topological polar surface area (TPSA) is 60.9 Å². The molecular weight excluding hydrogens is 288 g/mol. The Bertz CT molecular complexity index is 531. The van der Waals surface area contributed by atoms with Crippen LogP contribution in [-0.4, -0.2) is 45.5 Å². The Morgan fingerprint density at radius 2 is 2.29 bits per heavy atom. The van der Waals surface area contributed by atoms with Gasteiger partial charge in [0.05, 0.1) is 12.5 Å². The Hall–Kier alpha value is -1.56. The van der Waals surface area contributed by atoms with Crippen LogP contribution in [0.1, 0.15) is 31.1 Å². The molecule has 2 aliphatic rings. The molecule has 0 aliphatic carbocycles. The molecule has 114 valence electrons. The Morgan fingerprint density at radius 1 is 1.48 bits per heavy atom. The first-order valence-corrected chi connectivity index (χ1v) is 8.32. The number of carboxylic acids is 1. The van der Waals surface area contributed by atoms with Crippen molar-refractivity contribution in [1.82, 2.24) is 9.80 Å². The first-order valence-electron chi connectivity index (χ1n) is 7.44. The molecule has 3 heterocycles. The Morgan fingerprint density at radius 3 is 2.86 bits per heavy atom. The van der Waals surface area contributed by atoms with Gasteiger partial charge >= 0.3 is 12.0 Å². The van der Waals surface area contributed by atoms with Crippen LogP contribution in [0.4, 0.5) is 4.79 Å². The molecule has 1 aromatic rings. The van der Waals surface area contributed by atoms with Gasteiger partial charge < -0.3 is 14.9 Å². The summed E-state index contributed by atoms with van der Waals surface area (Å²) in [5.41, 5.74) is 0. The molecule has 0 saturated carbocycles. The average molecular weight is 308 g/mol. The maximum absolute atomic E-state index is 12.8.